The van der Waals surface area contributed by atoms with Crippen molar-refractivity contribution < 1.29 is 19.7 Å². The first kappa shape index (κ1) is 9.58. The normalized spacial score (nSPS) is 19.2. The van der Waals surface area contributed by atoms with Crippen LogP contribution in [-0.2, 0) is 0 Å². The topological polar surface area (TPSA) is 66.8 Å². The van der Waals surface area contributed by atoms with Crippen molar-refractivity contribution in [2.75, 3.05) is 0 Å². The van der Waals surface area contributed by atoms with Crippen LogP contribution < -0.4 is 4.74 Å². The van der Waals surface area contributed by atoms with Gasteiger partial charge in [-0.25, -0.2) is 0 Å². The van der Waals surface area contributed by atoms with Crippen LogP contribution >= 0.6 is 0 Å². The fourth-order valence-corrected chi connectivity index (χ4v) is 1.58. The van der Waals surface area contributed by atoms with E-state index in [2.05, 4.69) is 6.58 Å². The van der Waals surface area contributed by atoms with Crippen molar-refractivity contribution in [1.82, 2.24) is 0 Å². The first-order chi connectivity index (χ1) is 7.11. The number of hydrogen-bond acceptors (Lipinski definition) is 4. The van der Waals surface area contributed by atoms with E-state index < -0.39 is 6.10 Å². The number of ketones is 1. The number of fused-ring (bicyclic) bond motifs is 1. The molecule has 0 unspecified atom stereocenters. The molecule has 0 spiro atoms. The van der Waals surface area contributed by atoms with Gasteiger partial charge >= 0.3 is 0 Å². The first-order valence-electron chi connectivity index (χ1n) is 4.50. The molecule has 1 heterocycles. The third kappa shape index (κ3) is 1.54. The molecule has 1 aromatic rings. The molecule has 2 rings (SSSR count). The molecule has 1 atom stereocenters. The predicted octanol–water partition coefficient (Wildman–Crippen LogP) is 1.62. The maximum atomic E-state index is 11.6. The molecule has 0 aliphatic carbocycles. The van der Waals surface area contributed by atoms with Crippen LogP contribution in [0.3, 0.4) is 0 Å². The van der Waals surface area contributed by atoms with Gasteiger partial charge in [0.05, 0.1) is 6.42 Å². The molecule has 0 fully saturated rings. The van der Waals surface area contributed by atoms with Crippen LogP contribution in [0.5, 0.6) is 17.2 Å². The Bertz CT molecular complexity index is 436. The quantitative estimate of drug-likeness (QED) is 0.685. The molecular formula is C11H10O4. The average Bonchev–Trinajstić information content (AvgIpc) is 2.15. The summed E-state index contributed by atoms with van der Waals surface area (Å²) < 4.78 is 5.35. The third-order valence-corrected chi connectivity index (χ3v) is 2.27. The smallest absolute Gasteiger partial charge is 0.174 e. The van der Waals surface area contributed by atoms with Gasteiger partial charge in [0.1, 0.15) is 28.9 Å². The molecule has 0 saturated carbocycles. The number of Topliss-reactive ketones (excluding diaryl/α,β-unsaturated/α-hetero) is 1. The summed E-state index contributed by atoms with van der Waals surface area (Å²) in [6.07, 6.45) is 1.28. The summed E-state index contributed by atoms with van der Waals surface area (Å²) in [5.41, 5.74) is 0.130. The Hall–Kier alpha value is -1.97. The van der Waals surface area contributed by atoms with Gasteiger partial charge in [0.2, 0.25) is 0 Å². The summed E-state index contributed by atoms with van der Waals surface area (Å²) in [6.45, 7) is 3.53. The van der Waals surface area contributed by atoms with E-state index in [9.17, 15) is 15.0 Å². The lowest BCUT2D eigenvalue weighted by atomic mass is 9.99. The molecular weight excluding hydrogens is 196 g/mol. The number of hydrogen-bond donors (Lipinski definition) is 2. The highest BCUT2D eigenvalue weighted by molar-refractivity contribution is 6.02. The molecule has 1 aliphatic heterocycles. The molecule has 4 nitrogen and oxygen atoms in total. The lowest BCUT2D eigenvalue weighted by Crippen LogP contribution is -2.24. The summed E-state index contributed by atoms with van der Waals surface area (Å²) in [4.78, 5) is 11.6. The highest BCUT2D eigenvalue weighted by atomic mass is 16.5. The number of ether oxygens (including phenoxy) is 1. The largest absolute Gasteiger partial charge is 0.508 e. The van der Waals surface area contributed by atoms with Crippen LogP contribution in [-0.4, -0.2) is 22.1 Å². The number of carbonyl (C=O) groups excluding carboxylic acids is 1. The second-order valence-corrected chi connectivity index (χ2v) is 3.36. The predicted molar refractivity (Wildman–Crippen MR) is 53.3 cm³/mol. The molecule has 0 bridgehead atoms. The van der Waals surface area contributed by atoms with E-state index in [1.807, 2.05) is 0 Å². The molecule has 0 radical (unpaired) electrons. The second kappa shape index (κ2) is 3.31. The van der Waals surface area contributed by atoms with Gasteiger partial charge in [-0.05, 0) is 0 Å². The molecule has 4 heteroatoms. The lowest BCUT2D eigenvalue weighted by Gasteiger charge is -2.23. The second-order valence-electron chi connectivity index (χ2n) is 3.36. The highest BCUT2D eigenvalue weighted by Gasteiger charge is 2.28. The standard InChI is InChI=1S/C11H10O4/c1-2-7-5-9(14)11-8(13)3-6(12)4-10(11)15-7/h2-4,7,12-13H,1,5H2/t7-/m1/s1. The molecule has 0 saturated heterocycles. The van der Waals surface area contributed by atoms with Crippen LogP contribution in [0.4, 0.5) is 0 Å². The van der Waals surface area contributed by atoms with E-state index >= 15 is 0 Å². The monoisotopic (exact) mass is 206 g/mol. The molecule has 2 N–H and O–H groups in total. The summed E-state index contributed by atoms with van der Waals surface area (Å²) in [5.74, 6) is -0.395. The van der Waals surface area contributed by atoms with Crippen LogP contribution in [0.15, 0.2) is 24.8 Å². The minimum Gasteiger partial charge on any atom is -0.508 e. The van der Waals surface area contributed by atoms with E-state index in [1.165, 1.54) is 12.1 Å². The Morgan fingerprint density at radius 1 is 1.47 bits per heavy atom. The summed E-state index contributed by atoms with van der Waals surface area (Å²) in [5, 5.41) is 18.7. The van der Waals surface area contributed by atoms with Gasteiger partial charge in [0.15, 0.2) is 5.78 Å². The number of aromatic hydroxyl groups is 2. The van der Waals surface area contributed by atoms with Crippen molar-refractivity contribution in [2.45, 2.75) is 12.5 Å². The van der Waals surface area contributed by atoms with Gasteiger partial charge in [-0.3, -0.25) is 4.79 Å². The first-order valence-corrected chi connectivity index (χ1v) is 4.50. The lowest BCUT2D eigenvalue weighted by molar-refractivity contribution is 0.0889. The number of phenolic OH excluding ortho intramolecular Hbond substituents is 2. The molecule has 0 aromatic heterocycles. The van der Waals surface area contributed by atoms with Gasteiger partial charge in [-0.1, -0.05) is 12.7 Å². The number of rotatable bonds is 1. The Morgan fingerprint density at radius 2 is 2.20 bits per heavy atom. The summed E-state index contributed by atoms with van der Waals surface area (Å²) in [7, 11) is 0. The van der Waals surface area contributed by atoms with Crippen molar-refractivity contribution in [3.63, 3.8) is 0 Å². The minimum atomic E-state index is -0.397. The minimum absolute atomic E-state index is 0.130. The Morgan fingerprint density at radius 3 is 2.87 bits per heavy atom. The molecule has 15 heavy (non-hydrogen) atoms. The van der Waals surface area contributed by atoms with Gasteiger partial charge in [0.25, 0.3) is 0 Å². The zero-order valence-electron chi connectivity index (χ0n) is 7.93. The Kier molecular flexibility index (Phi) is 2.11. The van der Waals surface area contributed by atoms with Crippen molar-refractivity contribution in [1.29, 1.82) is 0 Å². The average molecular weight is 206 g/mol. The molecule has 1 aromatic carbocycles. The van der Waals surface area contributed by atoms with Crippen LogP contribution in [0.25, 0.3) is 0 Å². The fourth-order valence-electron chi connectivity index (χ4n) is 1.58. The fraction of sp³-hybridized carbons (Fsp3) is 0.182. The van der Waals surface area contributed by atoms with Crippen LogP contribution in [0.2, 0.25) is 0 Å². The van der Waals surface area contributed by atoms with E-state index in [4.69, 9.17) is 4.74 Å². The Labute approximate surface area is 86.4 Å². The van der Waals surface area contributed by atoms with E-state index in [0.29, 0.717) is 0 Å². The van der Waals surface area contributed by atoms with Gasteiger partial charge in [0, 0.05) is 12.1 Å². The van der Waals surface area contributed by atoms with Gasteiger partial charge < -0.3 is 14.9 Å². The van der Waals surface area contributed by atoms with Crippen LogP contribution in [0.1, 0.15) is 16.8 Å². The molecule has 1 aliphatic rings. The summed E-state index contributed by atoms with van der Waals surface area (Å²) in [6, 6.07) is 2.43. The van der Waals surface area contributed by atoms with Gasteiger partial charge in [-0.15, -0.1) is 0 Å². The van der Waals surface area contributed by atoms with Crippen molar-refractivity contribution in [3.05, 3.63) is 30.4 Å². The molecule has 78 valence electrons. The van der Waals surface area contributed by atoms with E-state index in [0.717, 1.165) is 6.07 Å². The Balaban J connectivity index is 2.54. The summed E-state index contributed by atoms with van der Waals surface area (Å²) >= 11 is 0. The van der Waals surface area contributed by atoms with E-state index in [-0.39, 0.29) is 35.0 Å². The van der Waals surface area contributed by atoms with E-state index in [1.54, 1.807) is 0 Å². The van der Waals surface area contributed by atoms with Crippen LogP contribution in [0, 0.1) is 0 Å². The number of benzene rings is 1. The maximum absolute atomic E-state index is 11.6. The van der Waals surface area contributed by atoms with Crippen molar-refractivity contribution in [2.24, 2.45) is 0 Å². The highest BCUT2D eigenvalue weighted by Crippen LogP contribution is 2.37. The molecule has 0 amide bonds. The SMILES string of the molecule is C=C[C@@H]1CC(=O)c2c(O)cc(O)cc2O1. The zero-order chi connectivity index (χ0) is 11.0. The number of carbonyl (C=O) groups is 1. The number of phenols is 2. The maximum Gasteiger partial charge on any atom is 0.174 e. The zero-order valence-corrected chi connectivity index (χ0v) is 7.93. The third-order valence-electron chi connectivity index (χ3n) is 2.27. The van der Waals surface area contributed by atoms with Crippen molar-refractivity contribution in [3.8, 4) is 17.2 Å². The van der Waals surface area contributed by atoms with Crippen molar-refractivity contribution >= 4 is 5.78 Å². The van der Waals surface area contributed by atoms with Gasteiger partial charge in [-0.2, -0.15) is 0 Å².